The van der Waals surface area contributed by atoms with Crippen molar-refractivity contribution >= 4 is 17.2 Å². The minimum atomic E-state index is -0.368. The molecule has 0 saturated heterocycles. The Bertz CT molecular complexity index is 588. The van der Waals surface area contributed by atoms with Crippen LogP contribution in [0, 0.1) is 0 Å². The maximum atomic E-state index is 11.0. The van der Waals surface area contributed by atoms with E-state index < -0.39 is 0 Å². The Balaban J connectivity index is 1.68. The summed E-state index contributed by atoms with van der Waals surface area (Å²) >= 11 is 1.86. The largest absolute Gasteiger partial charge is 0.366 e. The lowest BCUT2D eigenvalue weighted by Crippen LogP contribution is -2.29. The first-order valence-corrected chi connectivity index (χ1v) is 7.26. The molecule has 4 heteroatoms. The van der Waals surface area contributed by atoms with Gasteiger partial charge in [0.1, 0.15) is 0 Å². The Hall–Kier alpha value is -1.65. The average molecular weight is 272 g/mol. The Morgan fingerprint density at radius 3 is 2.79 bits per heavy atom. The molecule has 2 aromatic rings. The summed E-state index contributed by atoms with van der Waals surface area (Å²) in [5.41, 5.74) is 8.50. The highest BCUT2D eigenvalue weighted by molar-refractivity contribution is 7.10. The number of fused-ring (bicyclic) bond motifs is 1. The van der Waals surface area contributed by atoms with Crippen LogP contribution < -0.4 is 5.73 Å². The van der Waals surface area contributed by atoms with Gasteiger partial charge in [0.2, 0.25) is 5.91 Å². The van der Waals surface area contributed by atoms with Crippen molar-refractivity contribution in [2.45, 2.75) is 19.5 Å². The first-order chi connectivity index (χ1) is 9.22. The van der Waals surface area contributed by atoms with Gasteiger partial charge in [-0.25, -0.2) is 0 Å². The lowest BCUT2D eigenvalue weighted by atomic mass is 10.1. The van der Waals surface area contributed by atoms with Gasteiger partial charge in [-0.2, -0.15) is 0 Å². The van der Waals surface area contributed by atoms with Gasteiger partial charge in [0, 0.05) is 30.1 Å². The van der Waals surface area contributed by atoms with Gasteiger partial charge in [-0.3, -0.25) is 9.69 Å². The van der Waals surface area contributed by atoms with Crippen LogP contribution in [0.4, 0.5) is 0 Å². The number of rotatable bonds is 3. The standard InChI is InChI=1S/C15H16N2OS/c16-15(18)12-3-1-11(2-4-12)9-17-7-5-14-13(10-17)6-8-19-14/h1-4,6,8H,5,7,9-10H2,(H2,16,18). The summed E-state index contributed by atoms with van der Waals surface area (Å²) in [6.45, 7) is 3.05. The quantitative estimate of drug-likeness (QED) is 0.932. The molecule has 2 N–H and O–H groups in total. The number of carbonyl (C=O) groups excluding carboxylic acids is 1. The van der Waals surface area contributed by atoms with Crippen molar-refractivity contribution in [1.29, 1.82) is 0 Å². The van der Waals surface area contributed by atoms with Gasteiger partial charge >= 0.3 is 0 Å². The van der Waals surface area contributed by atoms with Crippen LogP contribution >= 0.6 is 11.3 Å². The van der Waals surface area contributed by atoms with Crippen LogP contribution in [0.2, 0.25) is 0 Å². The molecule has 0 aliphatic carbocycles. The van der Waals surface area contributed by atoms with E-state index in [1.54, 1.807) is 12.1 Å². The van der Waals surface area contributed by atoms with Crippen molar-refractivity contribution in [3.63, 3.8) is 0 Å². The first-order valence-electron chi connectivity index (χ1n) is 6.39. The number of primary amides is 1. The fourth-order valence-electron chi connectivity index (χ4n) is 2.47. The molecular weight excluding hydrogens is 256 g/mol. The molecule has 0 bridgehead atoms. The number of amides is 1. The number of thiophene rings is 1. The number of benzene rings is 1. The lowest BCUT2D eigenvalue weighted by Gasteiger charge is -2.26. The van der Waals surface area contributed by atoms with Crippen LogP contribution in [0.1, 0.15) is 26.4 Å². The molecule has 98 valence electrons. The van der Waals surface area contributed by atoms with E-state index in [-0.39, 0.29) is 5.91 Å². The topological polar surface area (TPSA) is 46.3 Å². The summed E-state index contributed by atoms with van der Waals surface area (Å²) in [5, 5.41) is 2.18. The highest BCUT2D eigenvalue weighted by atomic mass is 32.1. The van der Waals surface area contributed by atoms with Crippen LogP contribution in [0.3, 0.4) is 0 Å². The Morgan fingerprint density at radius 1 is 1.26 bits per heavy atom. The second-order valence-corrected chi connectivity index (χ2v) is 5.89. The van der Waals surface area contributed by atoms with E-state index in [1.807, 2.05) is 23.5 Å². The molecule has 0 unspecified atom stereocenters. The van der Waals surface area contributed by atoms with Crippen molar-refractivity contribution in [3.05, 3.63) is 57.3 Å². The molecule has 0 atom stereocenters. The first kappa shape index (κ1) is 12.4. The van der Waals surface area contributed by atoms with E-state index in [4.69, 9.17) is 5.73 Å². The van der Waals surface area contributed by atoms with Gasteiger partial charge < -0.3 is 5.73 Å². The molecule has 0 radical (unpaired) electrons. The van der Waals surface area contributed by atoms with Gasteiger partial charge in [0.15, 0.2) is 0 Å². The van der Waals surface area contributed by atoms with Gasteiger partial charge in [-0.1, -0.05) is 12.1 Å². The van der Waals surface area contributed by atoms with Crippen LogP contribution in [0.25, 0.3) is 0 Å². The predicted molar refractivity (Wildman–Crippen MR) is 77.1 cm³/mol. The SMILES string of the molecule is NC(=O)c1ccc(CN2CCc3sccc3C2)cc1. The molecular formula is C15H16N2OS. The molecule has 0 saturated carbocycles. The van der Waals surface area contributed by atoms with Gasteiger partial charge in [0.05, 0.1) is 0 Å². The van der Waals surface area contributed by atoms with Crippen molar-refractivity contribution < 1.29 is 4.79 Å². The molecule has 0 fully saturated rings. The third-order valence-electron chi connectivity index (χ3n) is 3.53. The average Bonchev–Trinajstić information content (AvgIpc) is 2.87. The number of nitrogens with zero attached hydrogens (tertiary/aromatic N) is 1. The molecule has 1 aromatic heterocycles. The van der Waals surface area contributed by atoms with E-state index >= 15 is 0 Å². The minimum absolute atomic E-state index is 0.368. The van der Waals surface area contributed by atoms with E-state index in [0.717, 1.165) is 26.1 Å². The number of nitrogens with two attached hydrogens (primary N) is 1. The summed E-state index contributed by atoms with van der Waals surface area (Å²) in [6, 6.07) is 9.81. The van der Waals surface area contributed by atoms with Gasteiger partial charge in [-0.05, 0) is 41.1 Å². The zero-order valence-electron chi connectivity index (χ0n) is 10.6. The smallest absolute Gasteiger partial charge is 0.248 e. The third-order valence-corrected chi connectivity index (χ3v) is 4.55. The van der Waals surface area contributed by atoms with Crippen LogP contribution in [-0.4, -0.2) is 17.4 Å². The van der Waals surface area contributed by atoms with E-state index in [9.17, 15) is 4.79 Å². The van der Waals surface area contributed by atoms with Crippen LogP contribution in [0.15, 0.2) is 35.7 Å². The Labute approximate surface area is 116 Å². The van der Waals surface area contributed by atoms with E-state index in [2.05, 4.69) is 16.3 Å². The molecule has 3 nitrogen and oxygen atoms in total. The zero-order valence-corrected chi connectivity index (χ0v) is 11.5. The van der Waals surface area contributed by atoms with Crippen LogP contribution in [-0.2, 0) is 19.5 Å². The number of carbonyl (C=O) groups is 1. The molecule has 1 amide bonds. The molecule has 3 rings (SSSR count). The third kappa shape index (κ3) is 2.69. The lowest BCUT2D eigenvalue weighted by molar-refractivity contribution is 0.100. The highest BCUT2D eigenvalue weighted by Crippen LogP contribution is 2.24. The zero-order chi connectivity index (χ0) is 13.2. The summed E-state index contributed by atoms with van der Waals surface area (Å²) in [6.07, 6.45) is 1.15. The Kier molecular flexibility index (Phi) is 3.36. The Morgan fingerprint density at radius 2 is 2.05 bits per heavy atom. The monoisotopic (exact) mass is 272 g/mol. The van der Waals surface area contributed by atoms with E-state index in [0.29, 0.717) is 5.56 Å². The molecule has 1 aliphatic rings. The van der Waals surface area contributed by atoms with Crippen molar-refractivity contribution in [2.75, 3.05) is 6.54 Å². The second kappa shape index (κ2) is 5.15. The van der Waals surface area contributed by atoms with Crippen molar-refractivity contribution in [2.24, 2.45) is 5.73 Å². The molecule has 2 heterocycles. The molecule has 1 aliphatic heterocycles. The predicted octanol–water partition coefficient (Wildman–Crippen LogP) is 2.41. The van der Waals surface area contributed by atoms with Crippen molar-refractivity contribution in [1.82, 2.24) is 4.90 Å². The maximum Gasteiger partial charge on any atom is 0.248 e. The van der Waals surface area contributed by atoms with E-state index in [1.165, 1.54) is 16.0 Å². The second-order valence-electron chi connectivity index (χ2n) is 4.89. The molecule has 19 heavy (non-hydrogen) atoms. The highest BCUT2D eigenvalue weighted by Gasteiger charge is 2.17. The van der Waals surface area contributed by atoms with Crippen LogP contribution in [0.5, 0.6) is 0 Å². The minimum Gasteiger partial charge on any atom is -0.366 e. The summed E-state index contributed by atoms with van der Waals surface area (Å²) in [5.74, 6) is -0.368. The normalized spacial score (nSPS) is 15.2. The molecule has 1 aromatic carbocycles. The number of hydrogen-bond donors (Lipinski definition) is 1. The van der Waals surface area contributed by atoms with Gasteiger partial charge in [-0.15, -0.1) is 11.3 Å². The van der Waals surface area contributed by atoms with Gasteiger partial charge in [0.25, 0.3) is 0 Å². The molecule has 0 spiro atoms. The summed E-state index contributed by atoms with van der Waals surface area (Å²) in [4.78, 5) is 15.0. The van der Waals surface area contributed by atoms with Crippen molar-refractivity contribution in [3.8, 4) is 0 Å². The number of hydrogen-bond acceptors (Lipinski definition) is 3. The summed E-state index contributed by atoms with van der Waals surface area (Å²) in [7, 11) is 0. The fraction of sp³-hybridized carbons (Fsp3) is 0.267. The summed E-state index contributed by atoms with van der Waals surface area (Å²) < 4.78 is 0. The maximum absolute atomic E-state index is 11.0. The fourth-order valence-corrected chi connectivity index (χ4v) is 3.36.